The number of benzene rings is 2. The van der Waals surface area contributed by atoms with Crippen molar-refractivity contribution >= 4 is 31.9 Å². The third kappa shape index (κ3) is 4.40. The first-order valence-corrected chi connectivity index (χ1v) is 8.86. The summed E-state index contributed by atoms with van der Waals surface area (Å²) in [5, 5.41) is 2.66. The van der Waals surface area contributed by atoms with E-state index >= 15 is 0 Å². The van der Waals surface area contributed by atoms with E-state index in [4.69, 9.17) is 0 Å². The van der Waals surface area contributed by atoms with Gasteiger partial charge in [-0.15, -0.1) is 0 Å². The standard InChI is InChI=1S/C15H15BrN2O3S/c16-13-8-4-5-9-14(13)22(20,21)18-11-10-17-15(19)12-6-2-1-3-7-12/h1-9,18H,10-11H2,(H,17,19). The molecule has 2 aromatic carbocycles. The number of halogens is 1. The number of rotatable bonds is 6. The molecule has 2 aromatic rings. The van der Waals surface area contributed by atoms with E-state index < -0.39 is 10.0 Å². The normalized spacial score (nSPS) is 11.1. The van der Waals surface area contributed by atoms with E-state index in [1.54, 1.807) is 42.5 Å². The fourth-order valence-corrected chi connectivity index (χ4v) is 3.83. The summed E-state index contributed by atoms with van der Waals surface area (Å²) in [6, 6.07) is 15.3. The Bertz CT molecular complexity index is 748. The molecule has 2 N–H and O–H groups in total. The second kappa shape index (κ2) is 7.53. The van der Waals surface area contributed by atoms with Crippen LogP contribution in [0.3, 0.4) is 0 Å². The highest BCUT2D eigenvalue weighted by Gasteiger charge is 2.16. The average molecular weight is 383 g/mol. The molecule has 2 rings (SSSR count). The molecule has 0 saturated carbocycles. The van der Waals surface area contributed by atoms with Crippen LogP contribution in [0.4, 0.5) is 0 Å². The monoisotopic (exact) mass is 382 g/mol. The molecule has 116 valence electrons. The van der Waals surface area contributed by atoms with Crippen LogP contribution in [0.1, 0.15) is 10.4 Å². The molecule has 0 heterocycles. The topological polar surface area (TPSA) is 75.3 Å². The van der Waals surface area contributed by atoms with Crippen LogP contribution in [0, 0.1) is 0 Å². The van der Waals surface area contributed by atoms with Crippen molar-refractivity contribution in [2.45, 2.75) is 4.90 Å². The van der Waals surface area contributed by atoms with Gasteiger partial charge in [0.2, 0.25) is 10.0 Å². The van der Waals surface area contributed by atoms with E-state index in [0.29, 0.717) is 10.0 Å². The Morgan fingerprint density at radius 1 is 0.955 bits per heavy atom. The molecule has 5 nitrogen and oxygen atoms in total. The highest BCUT2D eigenvalue weighted by atomic mass is 79.9. The fraction of sp³-hybridized carbons (Fsp3) is 0.133. The molecule has 0 radical (unpaired) electrons. The smallest absolute Gasteiger partial charge is 0.251 e. The van der Waals surface area contributed by atoms with Gasteiger partial charge in [0.25, 0.3) is 5.91 Å². The predicted octanol–water partition coefficient (Wildman–Crippen LogP) is 2.16. The molecule has 0 aliphatic rings. The van der Waals surface area contributed by atoms with Gasteiger partial charge in [0.15, 0.2) is 0 Å². The Hall–Kier alpha value is -1.70. The minimum atomic E-state index is -3.60. The first-order valence-electron chi connectivity index (χ1n) is 6.58. The van der Waals surface area contributed by atoms with Crippen molar-refractivity contribution in [2.24, 2.45) is 0 Å². The molecule has 0 saturated heterocycles. The molecule has 0 aliphatic heterocycles. The zero-order chi connectivity index (χ0) is 16.0. The maximum atomic E-state index is 12.1. The second-order valence-electron chi connectivity index (χ2n) is 4.45. The fourth-order valence-electron chi connectivity index (χ4n) is 1.79. The van der Waals surface area contributed by atoms with Crippen LogP contribution in [0.2, 0.25) is 0 Å². The lowest BCUT2D eigenvalue weighted by atomic mass is 10.2. The molecule has 0 aliphatic carbocycles. The van der Waals surface area contributed by atoms with Crippen molar-refractivity contribution in [3.63, 3.8) is 0 Å². The van der Waals surface area contributed by atoms with Gasteiger partial charge < -0.3 is 5.32 Å². The summed E-state index contributed by atoms with van der Waals surface area (Å²) in [5.41, 5.74) is 0.538. The lowest BCUT2D eigenvalue weighted by Gasteiger charge is -2.09. The average Bonchev–Trinajstić information content (AvgIpc) is 2.52. The van der Waals surface area contributed by atoms with Crippen LogP contribution in [-0.2, 0) is 10.0 Å². The van der Waals surface area contributed by atoms with Crippen molar-refractivity contribution in [1.82, 2.24) is 10.0 Å². The van der Waals surface area contributed by atoms with Crippen LogP contribution < -0.4 is 10.0 Å². The predicted molar refractivity (Wildman–Crippen MR) is 88.1 cm³/mol. The molecule has 0 unspecified atom stereocenters. The van der Waals surface area contributed by atoms with Gasteiger partial charge >= 0.3 is 0 Å². The summed E-state index contributed by atoms with van der Waals surface area (Å²) in [6.45, 7) is 0.319. The molecule has 22 heavy (non-hydrogen) atoms. The highest BCUT2D eigenvalue weighted by Crippen LogP contribution is 2.20. The summed E-state index contributed by atoms with van der Waals surface area (Å²) >= 11 is 3.21. The zero-order valence-corrected chi connectivity index (χ0v) is 14.0. The third-order valence-electron chi connectivity index (χ3n) is 2.86. The van der Waals surface area contributed by atoms with Crippen molar-refractivity contribution < 1.29 is 13.2 Å². The lowest BCUT2D eigenvalue weighted by Crippen LogP contribution is -2.34. The quantitative estimate of drug-likeness (QED) is 0.751. The van der Waals surface area contributed by atoms with Crippen molar-refractivity contribution in [1.29, 1.82) is 0 Å². The Morgan fingerprint density at radius 3 is 2.27 bits per heavy atom. The first kappa shape index (κ1) is 16.7. The third-order valence-corrected chi connectivity index (χ3v) is 5.34. The van der Waals surface area contributed by atoms with Gasteiger partial charge in [-0.1, -0.05) is 30.3 Å². The Kier molecular flexibility index (Phi) is 5.70. The molecule has 1 amide bonds. The molecule has 0 spiro atoms. The van der Waals surface area contributed by atoms with Gasteiger partial charge in [-0.05, 0) is 40.2 Å². The lowest BCUT2D eigenvalue weighted by molar-refractivity contribution is 0.0954. The minimum absolute atomic E-state index is 0.113. The molecule has 0 bridgehead atoms. The van der Waals surface area contributed by atoms with E-state index in [2.05, 4.69) is 26.0 Å². The number of carbonyl (C=O) groups is 1. The molecular weight excluding hydrogens is 368 g/mol. The van der Waals surface area contributed by atoms with Crippen LogP contribution in [0.15, 0.2) is 64.0 Å². The van der Waals surface area contributed by atoms with E-state index in [1.807, 2.05) is 6.07 Å². The first-order chi connectivity index (χ1) is 10.5. The molecule has 7 heteroatoms. The van der Waals surface area contributed by atoms with Gasteiger partial charge in [0.1, 0.15) is 0 Å². The van der Waals surface area contributed by atoms with E-state index in [1.165, 1.54) is 6.07 Å². The van der Waals surface area contributed by atoms with Crippen molar-refractivity contribution in [3.05, 3.63) is 64.6 Å². The largest absolute Gasteiger partial charge is 0.351 e. The van der Waals surface area contributed by atoms with Gasteiger partial charge in [-0.25, -0.2) is 13.1 Å². The summed E-state index contributed by atoms with van der Waals surface area (Å²) in [7, 11) is -3.60. The van der Waals surface area contributed by atoms with Gasteiger partial charge in [0.05, 0.1) is 4.90 Å². The van der Waals surface area contributed by atoms with Gasteiger partial charge in [-0.2, -0.15) is 0 Å². The Morgan fingerprint density at radius 2 is 1.59 bits per heavy atom. The molecule has 0 atom stereocenters. The SMILES string of the molecule is O=C(NCCNS(=O)(=O)c1ccccc1Br)c1ccccc1. The van der Waals surface area contributed by atoms with Crippen LogP contribution in [0.25, 0.3) is 0 Å². The van der Waals surface area contributed by atoms with Crippen molar-refractivity contribution in [3.8, 4) is 0 Å². The molecular formula is C15H15BrN2O3S. The summed E-state index contributed by atoms with van der Waals surface area (Å²) < 4.78 is 27.2. The molecule has 0 aromatic heterocycles. The number of hydrogen-bond acceptors (Lipinski definition) is 3. The summed E-state index contributed by atoms with van der Waals surface area (Å²) in [6.07, 6.45) is 0. The van der Waals surface area contributed by atoms with Crippen molar-refractivity contribution in [2.75, 3.05) is 13.1 Å². The maximum Gasteiger partial charge on any atom is 0.251 e. The van der Waals surface area contributed by atoms with Gasteiger partial charge in [0, 0.05) is 23.1 Å². The maximum absolute atomic E-state index is 12.1. The number of nitrogens with one attached hydrogen (secondary N) is 2. The Labute approximate surface area is 137 Å². The Balaban J connectivity index is 1.86. The highest BCUT2D eigenvalue weighted by molar-refractivity contribution is 9.10. The van der Waals surface area contributed by atoms with Crippen LogP contribution >= 0.6 is 15.9 Å². The number of amides is 1. The number of sulfonamides is 1. The second-order valence-corrected chi connectivity index (χ2v) is 7.04. The summed E-state index contributed by atoms with van der Waals surface area (Å²) in [5.74, 6) is -0.235. The van der Waals surface area contributed by atoms with E-state index in [-0.39, 0.29) is 23.9 Å². The van der Waals surface area contributed by atoms with E-state index in [0.717, 1.165) is 0 Å². The van der Waals surface area contributed by atoms with Crippen LogP contribution in [0.5, 0.6) is 0 Å². The zero-order valence-electron chi connectivity index (χ0n) is 11.6. The summed E-state index contributed by atoms with van der Waals surface area (Å²) in [4.78, 5) is 12.0. The van der Waals surface area contributed by atoms with Crippen LogP contribution in [-0.4, -0.2) is 27.4 Å². The minimum Gasteiger partial charge on any atom is -0.351 e. The number of hydrogen-bond donors (Lipinski definition) is 2. The van der Waals surface area contributed by atoms with Gasteiger partial charge in [-0.3, -0.25) is 4.79 Å². The van der Waals surface area contributed by atoms with E-state index in [9.17, 15) is 13.2 Å². The molecule has 0 fully saturated rings. The number of carbonyl (C=O) groups excluding carboxylic acids is 1.